The van der Waals surface area contributed by atoms with Crippen LogP contribution in [0, 0.1) is 6.92 Å². The fourth-order valence-corrected chi connectivity index (χ4v) is 3.03. The molecule has 0 spiro atoms. The molecule has 1 N–H and O–H groups in total. The minimum absolute atomic E-state index is 0.846. The summed E-state index contributed by atoms with van der Waals surface area (Å²) in [4.78, 5) is 1.25. The van der Waals surface area contributed by atoms with Crippen LogP contribution in [0.5, 0.6) is 0 Å². The van der Waals surface area contributed by atoms with Crippen LogP contribution in [0.25, 0.3) is 10.4 Å². The summed E-state index contributed by atoms with van der Waals surface area (Å²) >= 11 is 7.67. The van der Waals surface area contributed by atoms with Gasteiger partial charge in [-0.3, -0.25) is 0 Å². The summed E-state index contributed by atoms with van der Waals surface area (Å²) < 4.78 is 0.846. The molecule has 0 aliphatic carbocycles. The van der Waals surface area contributed by atoms with Crippen molar-refractivity contribution in [2.75, 3.05) is 6.54 Å². The molecule has 0 saturated heterocycles. The first-order chi connectivity index (χ1) is 8.70. The van der Waals surface area contributed by atoms with Crippen LogP contribution in [0.15, 0.2) is 30.3 Å². The van der Waals surface area contributed by atoms with Crippen LogP contribution in [0.4, 0.5) is 0 Å². The molecule has 0 fully saturated rings. The van der Waals surface area contributed by atoms with Gasteiger partial charge in [-0.15, -0.1) is 11.3 Å². The van der Waals surface area contributed by atoms with Crippen molar-refractivity contribution in [1.29, 1.82) is 0 Å². The standard InChI is InChI=1S/C15H18ClNS/c1-3-8-17-10-12-5-4-11(2)9-13(12)14-6-7-15(16)18-14/h4-7,9,17H,3,8,10H2,1-2H3. The van der Waals surface area contributed by atoms with Gasteiger partial charge in [0.25, 0.3) is 0 Å². The van der Waals surface area contributed by atoms with E-state index < -0.39 is 0 Å². The second-order valence-corrected chi connectivity index (χ2v) is 6.16. The lowest BCUT2D eigenvalue weighted by Crippen LogP contribution is -2.14. The number of thiophene rings is 1. The topological polar surface area (TPSA) is 12.0 Å². The second kappa shape index (κ2) is 6.37. The normalized spacial score (nSPS) is 10.8. The zero-order valence-corrected chi connectivity index (χ0v) is 12.4. The summed E-state index contributed by atoms with van der Waals surface area (Å²) in [6.07, 6.45) is 1.16. The Kier molecular flexibility index (Phi) is 4.81. The first-order valence-electron chi connectivity index (χ1n) is 6.26. The average molecular weight is 280 g/mol. The minimum Gasteiger partial charge on any atom is -0.313 e. The van der Waals surface area contributed by atoms with Crippen LogP contribution in [0.2, 0.25) is 4.34 Å². The van der Waals surface area contributed by atoms with Gasteiger partial charge in [0.1, 0.15) is 0 Å². The maximum Gasteiger partial charge on any atom is 0.0934 e. The first-order valence-corrected chi connectivity index (χ1v) is 7.46. The Morgan fingerprint density at radius 1 is 1.22 bits per heavy atom. The molecule has 1 aromatic heterocycles. The Labute approximate surface area is 118 Å². The molecule has 1 heterocycles. The van der Waals surface area contributed by atoms with Crippen molar-refractivity contribution in [3.8, 4) is 10.4 Å². The van der Waals surface area contributed by atoms with Crippen LogP contribution in [0.1, 0.15) is 24.5 Å². The van der Waals surface area contributed by atoms with Gasteiger partial charge in [-0.05, 0) is 43.1 Å². The van der Waals surface area contributed by atoms with Gasteiger partial charge in [-0.1, -0.05) is 42.3 Å². The summed E-state index contributed by atoms with van der Waals surface area (Å²) in [6.45, 7) is 6.28. The number of hydrogen-bond acceptors (Lipinski definition) is 2. The molecule has 96 valence electrons. The lowest BCUT2D eigenvalue weighted by molar-refractivity contribution is 0.676. The molecule has 0 bridgehead atoms. The van der Waals surface area contributed by atoms with Crippen molar-refractivity contribution in [1.82, 2.24) is 5.32 Å². The van der Waals surface area contributed by atoms with E-state index in [4.69, 9.17) is 11.6 Å². The fourth-order valence-electron chi connectivity index (χ4n) is 1.93. The summed E-state index contributed by atoms with van der Waals surface area (Å²) in [5, 5.41) is 3.46. The maximum absolute atomic E-state index is 6.03. The molecule has 3 heteroatoms. The summed E-state index contributed by atoms with van der Waals surface area (Å²) in [5.41, 5.74) is 3.93. The monoisotopic (exact) mass is 279 g/mol. The number of rotatable bonds is 5. The lowest BCUT2D eigenvalue weighted by atomic mass is 10.0. The van der Waals surface area contributed by atoms with Crippen molar-refractivity contribution < 1.29 is 0 Å². The third kappa shape index (κ3) is 3.35. The minimum atomic E-state index is 0.846. The van der Waals surface area contributed by atoms with Crippen molar-refractivity contribution in [3.63, 3.8) is 0 Å². The number of halogens is 1. The highest BCUT2D eigenvalue weighted by Gasteiger charge is 2.07. The molecule has 0 atom stereocenters. The molecule has 2 rings (SSSR count). The highest BCUT2D eigenvalue weighted by atomic mass is 35.5. The molecule has 0 amide bonds. The number of aryl methyl sites for hydroxylation is 1. The van der Waals surface area contributed by atoms with E-state index in [0.29, 0.717) is 0 Å². The molecule has 1 aromatic carbocycles. The Morgan fingerprint density at radius 2 is 2.06 bits per heavy atom. The van der Waals surface area contributed by atoms with Gasteiger partial charge in [0, 0.05) is 11.4 Å². The molecule has 2 aromatic rings. The van der Waals surface area contributed by atoms with E-state index >= 15 is 0 Å². The van der Waals surface area contributed by atoms with E-state index in [9.17, 15) is 0 Å². The SMILES string of the molecule is CCCNCc1ccc(C)cc1-c1ccc(Cl)s1. The lowest BCUT2D eigenvalue weighted by Gasteiger charge is -2.10. The fraction of sp³-hybridized carbons (Fsp3) is 0.333. The maximum atomic E-state index is 6.03. The van der Waals surface area contributed by atoms with Crippen LogP contribution in [0.3, 0.4) is 0 Å². The zero-order valence-electron chi connectivity index (χ0n) is 10.8. The predicted molar refractivity (Wildman–Crippen MR) is 81.5 cm³/mol. The Hall–Kier alpha value is -0.830. The van der Waals surface area contributed by atoms with Crippen molar-refractivity contribution in [2.24, 2.45) is 0 Å². The average Bonchev–Trinajstić information content (AvgIpc) is 2.78. The van der Waals surface area contributed by atoms with Gasteiger partial charge in [-0.2, -0.15) is 0 Å². The first kappa shape index (κ1) is 13.6. The van der Waals surface area contributed by atoms with Crippen LogP contribution in [-0.4, -0.2) is 6.54 Å². The zero-order chi connectivity index (χ0) is 13.0. The van der Waals surface area contributed by atoms with E-state index in [1.165, 1.54) is 21.6 Å². The number of hydrogen-bond donors (Lipinski definition) is 1. The van der Waals surface area contributed by atoms with Gasteiger partial charge in [0.2, 0.25) is 0 Å². The highest BCUT2D eigenvalue weighted by molar-refractivity contribution is 7.19. The Bertz CT molecular complexity index is 519. The number of benzene rings is 1. The Balaban J connectivity index is 2.29. The number of nitrogens with one attached hydrogen (secondary N) is 1. The van der Waals surface area contributed by atoms with E-state index in [-0.39, 0.29) is 0 Å². The van der Waals surface area contributed by atoms with E-state index in [2.05, 4.69) is 43.4 Å². The Morgan fingerprint density at radius 3 is 2.72 bits per heavy atom. The molecule has 1 nitrogen and oxygen atoms in total. The van der Waals surface area contributed by atoms with Gasteiger partial charge < -0.3 is 5.32 Å². The summed E-state index contributed by atoms with van der Waals surface area (Å²) in [5.74, 6) is 0. The summed E-state index contributed by atoms with van der Waals surface area (Å²) in [6, 6.07) is 10.7. The molecule has 0 aliphatic heterocycles. The van der Waals surface area contributed by atoms with Crippen LogP contribution in [-0.2, 0) is 6.54 Å². The highest BCUT2D eigenvalue weighted by Crippen LogP contribution is 2.33. The third-order valence-electron chi connectivity index (χ3n) is 2.85. The van der Waals surface area contributed by atoms with Crippen LogP contribution >= 0.6 is 22.9 Å². The van der Waals surface area contributed by atoms with Gasteiger partial charge in [-0.25, -0.2) is 0 Å². The smallest absolute Gasteiger partial charge is 0.0934 e. The largest absolute Gasteiger partial charge is 0.313 e. The van der Waals surface area contributed by atoms with Crippen molar-refractivity contribution in [3.05, 3.63) is 45.8 Å². The predicted octanol–water partition coefficient (Wildman–Crippen LogP) is 4.88. The van der Waals surface area contributed by atoms with Crippen LogP contribution < -0.4 is 5.32 Å². The van der Waals surface area contributed by atoms with Crippen molar-refractivity contribution >= 4 is 22.9 Å². The molecular weight excluding hydrogens is 262 g/mol. The quantitative estimate of drug-likeness (QED) is 0.770. The van der Waals surface area contributed by atoms with Gasteiger partial charge in [0.05, 0.1) is 4.34 Å². The second-order valence-electron chi connectivity index (χ2n) is 4.44. The van der Waals surface area contributed by atoms with Crippen molar-refractivity contribution in [2.45, 2.75) is 26.8 Å². The van der Waals surface area contributed by atoms with Gasteiger partial charge in [0.15, 0.2) is 0 Å². The van der Waals surface area contributed by atoms with E-state index in [0.717, 1.165) is 23.8 Å². The third-order valence-corrected chi connectivity index (χ3v) is 4.11. The molecule has 0 unspecified atom stereocenters. The van der Waals surface area contributed by atoms with E-state index in [1.54, 1.807) is 11.3 Å². The molecule has 0 saturated carbocycles. The summed E-state index contributed by atoms with van der Waals surface area (Å²) in [7, 11) is 0. The van der Waals surface area contributed by atoms with E-state index in [1.807, 2.05) is 6.07 Å². The molecular formula is C15H18ClNS. The molecule has 0 aliphatic rings. The molecule has 18 heavy (non-hydrogen) atoms. The molecule has 0 radical (unpaired) electrons. The van der Waals surface area contributed by atoms with Gasteiger partial charge >= 0.3 is 0 Å².